The molecule has 2 heterocycles. The van der Waals surface area contributed by atoms with Crippen molar-refractivity contribution in [2.24, 2.45) is 0 Å². The number of amides is 1. The Balaban J connectivity index is 1.43. The zero-order chi connectivity index (χ0) is 20.4. The number of nitrogens with zero attached hydrogens (tertiary/aromatic N) is 1. The monoisotopic (exact) mass is 452 g/mol. The van der Waals surface area contributed by atoms with E-state index in [1.165, 1.54) is 6.20 Å². The topological polar surface area (TPSA) is 99.9 Å². The van der Waals surface area contributed by atoms with Gasteiger partial charge in [0.25, 0.3) is 5.91 Å². The van der Waals surface area contributed by atoms with Crippen LogP contribution >= 0.6 is 15.9 Å². The summed E-state index contributed by atoms with van der Waals surface area (Å²) in [4.78, 5) is 33.5. The molecule has 2 aromatic carbocycles. The van der Waals surface area contributed by atoms with Crippen molar-refractivity contribution in [3.05, 3.63) is 86.9 Å². The van der Waals surface area contributed by atoms with Crippen LogP contribution in [0.5, 0.6) is 11.6 Å². The minimum Gasteiger partial charge on any atom is -0.439 e. The van der Waals surface area contributed by atoms with Crippen LogP contribution in [0, 0.1) is 0 Å². The van der Waals surface area contributed by atoms with E-state index in [9.17, 15) is 9.59 Å². The molecular weight excluding hydrogens is 436 g/mol. The van der Waals surface area contributed by atoms with Crippen molar-refractivity contribution in [1.82, 2.24) is 20.3 Å². The largest absolute Gasteiger partial charge is 0.439 e. The van der Waals surface area contributed by atoms with Gasteiger partial charge in [-0.3, -0.25) is 4.79 Å². The maximum Gasteiger partial charge on any atom is 0.323 e. The summed E-state index contributed by atoms with van der Waals surface area (Å²) in [7, 11) is 0. The van der Waals surface area contributed by atoms with Gasteiger partial charge in [-0.15, -0.1) is 0 Å². The smallest absolute Gasteiger partial charge is 0.323 e. The Labute approximate surface area is 174 Å². The van der Waals surface area contributed by atoms with Crippen LogP contribution in [0.15, 0.2) is 70.1 Å². The quantitative estimate of drug-likeness (QED) is 0.420. The van der Waals surface area contributed by atoms with E-state index < -0.39 is 0 Å². The van der Waals surface area contributed by atoms with Gasteiger partial charge in [-0.25, -0.2) is 9.78 Å². The maximum absolute atomic E-state index is 12.5. The maximum atomic E-state index is 12.5. The molecule has 0 saturated heterocycles. The Hall–Kier alpha value is -3.39. The first kappa shape index (κ1) is 18.9. The molecule has 0 fully saturated rings. The molecule has 4 aromatic rings. The Morgan fingerprint density at radius 1 is 1.07 bits per heavy atom. The number of carbonyl (C=O) groups is 1. The number of hydrogen-bond donors (Lipinski definition) is 3. The van der Waals surface area contributed by atoms with Gasteiger partial charge in [-0.1, -0.05) is 22.0 Å². The molecule has 4 rings (SSSR count). The summed E-state index contributed by atoms with van der Waals surface area (Å²) in [6.07, 6.45) is 1.48. The number of H-pyrrole nitrogens is 2. The van der Waals surface area contributed by atoms with Crippen molar-refractivity contribution in [3.63, 3.8) is 0 Å². The van der Waals surface area contributed by atoms with E-state index in [1.807, 2.05) is 43.3 Å². The van der Waals surface area contributed by atoms with Crippen LogP contribution in [-0.2, 0) is 0 Å². The van der Waals surface area contributed by atoms with E-state index in [1.54, 1.807) is 18.2 Å². The molecule has 146 valence electrons. The number of aromatic amines is 2. The van der Waals surface area contributed by atoms with Gasteiger partial charge in [0.05, 0.1) is 22.6 Å². The molecule has 2 aromatic heterocycles. The molecule has 1 amide bonds. The lowest BCUT2D eigenvalue weighted by Gasteiger charge is -2.14. The van der Waals surface area contributed by atoms with Crippen LogP contribution in [-0.4, -0.2) is 20.9 Å². The Kier molecular flexibility index (Phi) is 5.18. The number of pyridine rings is 1. The third-order valence-corrected chi connectivity index (χ3v) is 4.95. The number of rotatable bonds is 5. The molecule has 1 atom stereocenters. The predicted octanol–water partition coefficient (Wildman–Crippen LogP) is 4.30. The number of nitrogens with one attached hydrogen (secondary N) is 3. The molecule has 1 unspecified atom stereocenters. The SMILES string of the molecule is CC(NC(=O)c1ccc(Oc2ccc(Br)cc2)nc1)c1ccc2[nH]c(=O)[nH]c2c1. The number of aromatic nitrogens is 3. The predicted molar refractivity (Wildman–Crippen MR) is 113 cm³/mol. The molecule has 0 saturated carbocycles. The third kappa shape index (κ3) is 4.38. The van der Waals surface area contributed by atoms with Gasteiger partial charge in [0, 0.05) is 16.7 Å². The summed E-state index contributed by atoms with van der Waals surface area (Å²) in [5.41, 5.74) is 2.47. The number of fused-ring (bicyclic) bond motifs is 1. The van der Waals surface area contributed by atoms with Gasteiger partial charge in [0.1, 0.15) is 5.75 Å². The zero-order valence-electron chi connectivity index (χ0n) is 15.4. The lowest BCUT2D eigenvalue weighted by atomic mass is 10.1. The van der Waals surface area contributed by atoms with Gasteiger partial charge < -0.3 is 20.0 Å². The zero-order valence-corrected chi connectivity index (χ0v) is 17.0. The van der Waals surface area contributed by atoms with Crippen molar-refractivity contribution in [2.45, 2.75) is 13.0 Å². The van der Waals surface area contributed by atoms with E-state index in [0.717, 1.165) is 15.6 Å². The number of halogens is 1. The molecule has 0 bridgehead atoms. The third-order valence-electron chi connectivity index (χ3n) is 4.42. The van der Waals surface area contributed by atoms with Gasteiger partial charge >= 0.3 is 5.69 Å². The summed E-state index contributed by atoms with van der Waals surface area (Å²) < 4.78 is 6.62. The second-order valence-electron chi connectivity index (χ2n) is 6.52. The summed E-state index contributed by atoms with van der Waals surface area (Å²) in [6, 6.07) is 16.0. The summed E-state index contributed by atoms with van der Waals surface area (Å²) in [5, 5.41) is 2.93. The van der Waals surface area contributed by atoms with E-state index in [2.05, 4.69) is 36.2 Å². The fourth-order valence-corrected chi connectivity index (χ4v) is 3.15. The molecule has 0 aliphatic carbocycles. The van der Waals surface area contributed by atoms with Gasteiger partial charge in [-0.2, -0.15) is 0 Å². The molecule has 3 N–H and O–H groups in total. The number of ether oxygens (including phenoxy) is 1. The van der Waals surface area contributed by atoms with E-state index in [-0.39, 0.29) is 17.6 Å². The highest BCUT2D eigenvalue weighted by molar-refractivity contribution is 9.10. The second kappa shape index (κ2) is 7.92. The normalized spacial score (nSPS) is 11.9. The van der Waals surface area contributed by atoms with Crippen molar-refractivity contribution >= 4 is 32.9 Å². The first-order valence-corrected chi connectivity index (χ1v) is 9.69. The van der Waals surface area contributed by atoms with Crippen molar-refractivity contribution in [3.8, 4) is 11.6 Å². The fourth-order valence-electron chi connectivity index (χ4n) is 2.88. The molecule has 0 radical (unpaired) electrons. The van der Waals surface area contributed by atoms with E-state index >= 15 is 0 Å². The van der Waals surface area contributed by atoms with Crippen molar-refractivity contribution in [1.29, 1.82) is 0 Å². The average molecular weight is 453 g/mol. The highest BCUT2D eigenvalue weighted by Crippen LogP contribution is 2.22. The minimum atomic E-state index is -0.259. The minimum absolute atomic E-state index is 0.246. The summed E-state index contributed by atoms with van der Waals surface area (Å²) in [5.74, 6) is 0.811. The number of carbonyl (C=O) groups excluding carboxylic acids is 1. The van der Waals surface area contributed by atoms with Crippen LogP contribution in [0.25, 0.3) is 11.0 Å². The fraction of sp³-hybridized carbons (Fsp3) is 0.0952. The standard InChI is InChI=1S/C21H17BrN4O3/c1-12(13-2-8-17-18(10-13)26-21(28)25-17)24-20(27)14-3-9-19(23-11-14)29-16-6-4-15(22)5-7-16/h2-12H,1H3,(H,24,27)(H2,25,26,28). The molecule has 8 heteroatoms. The number of benzene rings is 2. The first-order chi connectivity index (χ1) is 14.0. The van der Waals surface area contributed by atoms with E-state index in [4.69, 9.17) is 4.74 Å². The number of hydrogen-bond acceptors (Lipinski definition) is 4. The van der Waals surface area contributed by atoms with Crippen LogP contribution in [0.1, 0.15) is 28.9 Å². The first-order valence-electron chi connectivity index (χ1n) is 8.90. The Morgan fingerprint density at radius 3 is 2.55 bits per heavy atom. The molecule has 0 aliphatic rings. The van der Waals surface area contributed by atoms with Crippen LogP contribution < -0.4 is 15.7 Å². The highest BCUT2D eigenvalue weighted by atomic mass is 79.9. The van der Waals surface area contributed by atoms with Crippen molar-refractivity contribution < 1.29 is 9.53 Å². The summed E-state index contributed by atoms with van der Waals surface area (Å²) >= 11 is 3.37. The average Bonchev–Trinajstić information content (AvgIpc) is 3.09. The molecular formula is C21H17BrN4O3. The molecule has 0 spiro atoms. The highest BCUT2D eigenvalue weighted by Gasteiger charge is 2.13. The van der Waals surface area contributed by atoms with Crippen LogP contribution in [0.2, 0.25) is 0 Å². The van der Waals surface area contributed by atoms with Gasteiger partial charge in [-0.05, 0) is 55.0 Å². The van der Waals surface area contributed by atoms with Crippen molar-refractivity contribution in [2.75, 3.05) is 0 Å². The van der Waals surface area contributed by atoms with Gasteiger partial charge in [0.2, 0.25) is 5.88 Å². The summed E-state index contributed by atoms with van der Waals surface area (Å²) in [6.45, 7) is 1.88. The lowest BCUT2D eigenvalue weighted by molar-refractivity contribution is 0.0939. The van der Waals surface area contributed by atoms with Crippen LogP contribution in [0.4, 0.5) is 0 Å². The Bertz CT molecular complexity index is 1210. The molecule has 7 nitrogen and oxygen atoms in total. The lowest BCUT2D eigenvalue weighted by Crippen LogP contribution is -2.26. The van der Waals surface area contributed by atoms with E-state index in [0.29, 0.717) is 22.7 Å². The number of imidazole rings is 1. The second-order valence-corrected chi connectivity index (χ2v) is 7.44. The Morgan fingerprint density at radius 2 is 1.83 bits per heavy atom. The van der Waals surface area contributed by atoms with Crippen LogP contribution in [0.3, 0.4) is 0 Å². The van der Waals surface area contributed by atoms with Gasteiger partial charge in [0.15, 0.2) is 0 Å². The molecule has 29 heavy (non-hydrogen) atoms. The molecule has 0 aliphatic heterocycles.